The molecule has 1 aromatic rings. The lowest BCUT2D eigenvalue weighted by atomic mass is 10.1. The van der Waals surface area contributed by atoms with E-state index in [9.17, 15) is 19.3 Å². The number of hydrogen-bond acceptors (Lipinski definition) is 4. The van der Waals surface area contributed by atoms with Crippen LogP contribution >= 0.6 is 15.9 Å². The summed E-state index contributed by atoms with van der Waals surface area (Å²) in [7, 11) is 0. The molecule has 0 aromatic heterocycles. The fourth-order valence-electron chi connectivity index (χ4n) is 1.27. The number of alkyl halides is 1. The van der Waals surface area contributed by atoms with Gasteiger partial charge in [0.1, 0.15) is 5.82 Å². The Morgan fingerprint density at radius 3 is 2.71 bits per heavy atom. The summed E-state index contributed by atoms with van der Waals surface area (Å²) >= 11 is 3.06. The highest BCUT2D eigenvalue weighted by Gasteiger charge is 2.26. The van der Waals surface area contributed by atoms with Gasteiger partial charge in [-0.3, -0.25) is 10.1 Å². The molecular formula is C10H9BrFNO4. The third kappa shape index (κ3) is 3.00. The van der Waals surface area contributed by atoms with Crippen LogP contribution in [0.4, 0.5) is 10.1 Å². The molecule has 17 heavy (non-hydrogen) atoms. The number of nitrogens with zero attached hydrogens (tertiary/aromatic N) is 1. The number of benzene rings is 1. The zero-order chi connectivity index (χ0) is 13.0. The van der Waals surface area contributed by atoms with Crippen molar-refractivity contribution in [3.8, 4) is 0 Å². The van der Waals surface area contributed by atoms with Crippen molar-refractivity contribution in [1.29, 1.82) is 0 Å². The number of esters is 1. The molecule has 5 nitrogen and oxygen atoms in total. The maximum Gasteiger partial charge on any atom is 0.348 e. The Morgan fingerprint density at radius 2 is 2.24 bits per heavy atom. The van der Waals surface area contributed by atoms with Crippen LogP contribution < -0.4 is 0 Å². The number of rotatable bonds is 4. The molecule has 0 aliphatic rings. The first-order chi connectivity index (χ1) is 8.01. The molecule has 0 N–H and O–H groups in total. The highest BCUT2D eigenvalue weighted by molar-refractivity contribution is 9.08. The summed E-state index contributed by atoms with van der Waals surface area (Å²) in [6.45, 7) is 1.56. The van der Waals surface area contributed by atoms with Gasteiger partial charge in [-0.25, -0.2) is 9.18 Å². The average Bonchev–Trinajstić information content (AvgIpc) is 2.27. The van der Waals surface area contributed by atoms with E-state index in [1.807, 2.05) is 0 Å². The van der Waals surface area contributed by atoms with Crippen LogP contribution in [0, 0.1) is 15.9 Å². The molecule has 0 saturated heterocycles. The zero-order valence-corrected chi connectivity index (χ0v) is 10.5. The standard InChI is InChI=1S/C10H9BrFNO4/c1-2-17-10(14)9-7(12)3-6(5-11)4-8(9)13(15)16/h3-4H,2,5H2,1H3. The highest BCUT2D eigenvalue weighted by atomic mass is 79.9. The van der Waals surface area contributed by atoms with Crippen molar-refractivity contribution in [3.63, 3.8) is 0 Å². The van der Waals surface area contributed by atoms with Gasteiger partial charge in [0.05, 0.1) is 11.5 Å². The molecule has 1 rings (SSSR count). The van der Waals surface area contributed by atoms with Gasteiger partial charge in [-0.2, -0.15) is 0 Å². The van der Waals surface area contributed by atoms with Crippen LogP contribution in [0.3, 0.4) is 0 Å². The second kappa shape index (κ2) is 5.72. The summed E-state index contributed by atoms with van der Waals surface area (Å²) in [6.07, 6.45) is 0. The molecule has 0 atom stereocenters. The van der Waals surface area contributed by atoms with E-state index in [1.54, 1.807) is 0 Å². The van der Waals surface area contributed by atoms with Gasteiger partial charge >= 0.3 is 5.97 Å². The average molecular weight is 306 g/mol. The van der Waals surface area contributed by atoms with E-state index in [0.717, 1.165) is 12.1 Å². The summed E-state index contributed by atoms with van der Waals surface area (Å²) < 4.78 is 18.2. The molecule has 0 aliphatic carbocycles. The monoisotopic (exact) mass is 305 g/mol. The fraction of sp³-hybridized carbons (Fsp3) is 0.300. The van der Waals surface area contributed by atoms with Crippen molar-refractivity contribution in [2.24, 2.45) is 0 Å². The van der Waals surface area contributed by atoms with Gasteiger partial charge in [-0.15, -0.1) is 0 Å². The number of ether oxygens (including phenoxy) is 1. The van der Waals surface area contributed by atoms with Gasteiger partial charge in [-0.1, -0.05) is 15.9 Å². The maximum absolute atomic E-state index is 13.6. The lowest BCUT2D eigenvalue weighted by Crippen LogP contribution is -2.11. The van der Waals surface area contributed by atoms with Crippen LogP contribution in [-0.4, -0.2) is 17.5 Å². The SMILES string of the molecule is CCOC(=O)c1c(F)cc(CBr)cc1[N+](=O)[O-]. The first-order valence-electron chi connectivity index (χ1n) is 4.71. The Kier molecular flexibility index (Phi) is 4.56. The minimum atomic E-state index is -1.03. The quantitative estimate of drug-likeness (QED) is 0.371. The van der Waals surface area contributed by atoms with Crippen LogP contribution in [0.1, 0.15) is 22.8 Å². The minimum absolute atomic E-state index is 0.0234. The molecule has 92 valence electrons. The third-order valence-electron chi connectivity index (χ3n) is 1.96. The van der Waals surface area contributed by atoms with Crippen molar-refractivity contribution >= 4 is 27.6 Å². The van der Waals surface area contributed by atoms with E-state index in [1.165, 1.54) is 6.92 Å². The third-order valence-corrected chi connectivity index (χ3v) is 2.61. The van der Waals surface area contributed by atoms with E-state index in [0.29, 0.717) is 5.56 Å². The molecule has 0 saturated carbocycles. The van der Waals surface area contributed by atoms with E-state index in [4.69, 9.17) is 0 Å². The molecule has 0 spiro atoms. The predicted molar refractivity (Wildman–Crippen MR) is 61.6 cm³/mol. The predicted octanol–water partition coefficient (Wildman–Crippen LogP) is 2.81. The number of carbonyl (C=O) groups excluding carboxylic acids is 1. The van der Waals surface area contributed by atoms with Crippen LogP contribution in [0.15, 0.2) is 12.1 Å². The molecule has 0 unspecified atom stereocenters. The highest BCUT2D eigenvalue weighted by Crippen LogP contribution is 2.25. The van der Waals surface area contributed by atoms with E-state index < -0.39 is 28.0 Å². The number of nitro groups is 1. The number of nitro benzene ring substituents is 1. The molecule has 1 aromatic carbocycles. The summed E-state index contributed by atoms with van der Waals surface area (Å²) in [4.78, 5) is 21.4. The number of carbonyl (C=O) groups is 1. The van der Waals surface area contributed by atoms with Crippen LogP contribution in [0.25, 0.3) is 0 Å². The largest absolute Gasteiger partial charge is 0.462 e. The van der Waals surface area contributed by atoms with Crippen LogP contribution in [0.2, 0.25) is 0 Å². The van der Waals surface area contributed by atoms with E-state index in [-0.39, 0.29) is 11.9 Å². The zero-order valence-electron chi connectivity index (χ0n) is 8.91. The van der Waals surface area contributed by atoms with Crippen molar-refractivity contribution in [3.05, 3.63) is 39.2 Å². The van der Waals surface area contributed by atoms with Crippen molar-refractivity contribution in [1.82, 2.24) is 0 Å². The molecular weight excluding hydrogens is 297 g/mol. The Hall–Kier alpha value is -1.50. The molecule has 0 bridgehead atoms. The second-order valence-electron chi connectivity index (χ2n) is 3.08. The van der Waals surface area contributed by atoms with Gasteiger partial charge in [0.15, 0.2) is 5.56 Å². The second-order valence-corrected chi connectivity index (χ2v) is 3.64. The van der Waals surface area contributed by atoms with Gasteiger partial charge < -0.3 is 4.74 Å². The Balaban J connectivity index is 3.36. The fourth-order valence-corrected chi connectivity index (χ4v) is 1.60. The summed E-state index contributed by atoms with van der Waals surface area (Å²) in [5.41, 5.74) is -0.846. The van der Waals surface area contributed by atoms with E-state index in [2.05, 4.69) is 20.7 Å². The maximum atomic E-state index is 13.6. The van der Waals surface area contributed by atoms with Crippen molar-refractivity contribution in [2.45, 2.75) is 12.3 Å². The molecule has 0 aliphatic heterocycles. The first kappa shape index (κ1) is 13.6. The minimum Gasteiger partial charge on any atom is -0.462 e. The van der Waals surface area contributed by atoms with Gasteiger partial charge in [0.25, 0.3) is 5.69 Å². The van der Waals surface area contributed by atoms with Crippen molar-refractivity contribution < 1.29 is 18.8 Å². The summed E-state index contributed by atoms with van der Waals surface area (Å²) in [5, 5.41) is 11.0. The Morgan fingerprint density at radius 1 is 1.59 bits per heavy atom. The topological polar surface area (TPSA) is 69.4 Å². The lowest BCUT2D eigenvalue weighted by Gasteiger charge is -2.05. The van der Waals surface area contributed by atoms with Gasteiger partial charge in [0.2, 0.25) is 0 Å². The Bertz CT molecular complexity index is 464. The normalized spacial score (nSPS) is 10.1. The van der Waals surface area contributed by atoms with Crippen LogP contribution in [0.5, 0.6) is 0 Å². The molecule has 7 heteroatoms. The number of hydrogen-bond donors (Lipinski definition) is 0. The summed E-state index contributed by atoms with van der Waals surface area (Å²) in [6, 6.07) is 2.21. The molecule has 0 fully saturated rings. The van der Waals surface area contributed by atoms with E-state index >= 15 is 0 Å². The number of halogens is 2. The van der Waals surface area contributed by atoms with Gasteiger partial charge in [0, 0.05) is 11.4 Å². The lowest BCUT2D eigenvalue weighted by molar-refractivity contribution is -0.385. The summed E-state index contributed by atoms with van der Waals surface area (Å²) in [5.74, 6) is -1.98. The molecule has 0 heterocycles. The smallest absolute Gasteiger partial charge is 0.348 e. The Labute approximate surface area is 105 Å². The van der Waals surface area contributed by atoms with Gasteiger partial charge in [-0.05, 0) is 18.6 Å². The molecule has 0 radical (unpaired) electrons. The van der Waals surface area contributed by atoms with Crippen LogP contribution in [-0.2, 0) is 10.1 Å². The molecule has 0 amide bonds. The van der Waals surface area contributed by atoms with Crippen molar-refractivity contribution in [2.75, 3.05) is 6.61 Å². The first-order valence-corrected chi connectivity index (χ1v) is 5.83.